The first-order valence-corrected chi connectivity index (χ1v) is 5.02. The maximum atomic E-state index is 13.1. The molecule has 4 nitrogen and oxygen atoms in total. The van der Waals surface area contributed by atoms with Crippen LogP contribution < -0.4 is 0 Å². The van der Waals surface area contributed by atoms with Crippen molar-refractivity contribution in [3.63, 3.8) is 0 Å². The fraction of sp³-hybridized carbons (Fsp3) is 0.273. The van der Waals surface area contributed by atoms with Crippen molar-refractivity contribution in [1.82, 2.24) is 0 Å². The van der Waals surface area contributed by atoms with Gasteiger partial charge in [0.05, 0.1) is 0 Å². The zero-order valence-electron chi connectivity index (χ0n) is 9.16. The predicted molar refractivity (Wildman–Crippen MR) is 50.8 cm³/mol. The lowest BCUT2D eigenvalue weighted by atomic mass is 10.0. The van der Waals surface area contributed by atoms with Crippen LogP contribution in [0.5, 0.6) is 0 Å². The molecule has 0 atom stereocenters. The molecule has 0 saturated carbocycles. The Morgan fingerprint density at radius 2 is 1.63 bits per heavy atom. The van der Waals surface area contributed by atoms with E-state index >= 15 is 0 Å². The van der Waals surface area contributed by atoms with E-state index in [9.17, 15) is 27.2 Å². The molecule has 2 rings (SSSR count). The number of esters is 2. The third-order valence-corrected chi connectivity index (χ3v) is 2.43. The minimum Gasteiger partial charge on any atom is -0.412 e. The fourth-order valence-corrected chi connectivity index (χ4v) is 1.59. The molecule has 0 radical (unpaired) electrons. The molecule has 1 aliphatic heterocycles. The van der Waals surface area contributed by atoms with Crippen LogP contribution in [0.2, 0.25) is 0 Å². The first kappa shape index (κ1) is 13.3. The van der Waals surface area contributed by atoms with E-state index < -0.39 is 47.8 Å². The number of cyclic esters (lactones) is 2. The summed E-state index contributed by atoms with van der Waals surface area (Å²) in [5.74, 6) is -8.22. The summed E-state index contributed by atoms with van der Waals surface area (Å²) in [6.07, 6.45) is -4.27. The van der Waals surface area contributed by atoms with Crippen LogP contribution in [0, 0.1) is 11.6 Å². The molecule has 1 aromatic carbocycles. The Morgan fingerprint density at radius 1 is 1.05 bits per heavy atom. The zero-order valence-corrected chi connectivity index (χ0v) is 9.16. The molecule has 1 saturated heterocycles. The van der Waals surface area contributed by atoms with Crippen molar-refractivity contribution in [2.24, 2.45) is 0 Å². The Labute approximate surface area is 103 Å². The van der Waals surface area contributed by atoms with Crippen LogP contribution in [0.25, 0.3) is 0 Å². The van der Waals surface area contributed by atoms with Gasteiger partial charge in [0.2, 0.25) is 0 Å². The molecule has 0 spiro atoms. The van der Waals surface area contributed by atoms with Crippen molar-refractivity contribution >= 4 is 11.9 Å². The van der Waals surface area contributed by atoms with Crippen molar-refractivity contribution in [3.05, 3.63) is 35.4 Å². The quantitative estimate of drug-likeness (QED) is 0.471. The van der Waals surface area contributed by atoms with Gasteiger partial charge in [-0.15, -0.1) is 0 Å². The molecular weight excluding hydrogens is 272 g/mol. The highest BCUT2D eigenvalue weighted by Crippen LogP contribution is 2.38. The molecule has 102 valence electrons. The van der Waals surface area contributed by atoms with Gasteiger partial charge in [0.1, 0.15) is 6.42 Å². The number of alkyl halides is 2. The van der Waals surface area contributed by atoms with Gasteiger partial charge in [-0.3, -0.25) is 9.59 Å². The first-order valence-electron chi connectivity index (χ1n) is 5.02. The third-order valence-electron chi connectivity index (χ3n) is 2.43. The van der Waals surface area contributed by atoms with Crippen LogP contribution in [-0.2, 0) is 24.8 Å². The molecular formula is C11H6F4O4. The summed E-state index contributed by atoms with van der Waals surface area (Å²) in [5, 5.41) is 0. The Morgan fingerprint density at radius 3 is 2.11 bits per heavy atom. The Balaban J connectivity index is 2.52. The van der Waals surface area contributed by atoms with E-state index in [1.165, 1.54) is 0 Å². The van der Waals surface area contributed by atoms with Crippen molar-refractivity contribution < 1.29 is 36.6 Å². The maximum Gasteiger partial charge on any atom is 0.344 e. The van der Waals surface area contributed by atoms with Crippen LogP contribution >= 0.6 is 0 Å². The topological polar surface area (TPSA) is 52.6 Å². The number of carbonyl (C=O) groups is 2. The average molecular weight is 278 g/mol. The van der Waals surface area contributed by atoms with Crippen LogP contribution in [0.4, 0.5) is 17.6 Å². The molecule has 0 N–H and O–H groups in total. The van der Waals surface area contributed by atoms with Crippen molar-refractivity contribution in [2.75, 3.05) is 0 Å². The molecule has 0 amide bonds. The van der Waals surface area contributed by atoms with Gasteiger partial charge in [-0.1, -0.05) is 0 Å². The molecule has 0 bridgehead atoms. The van der Waals surface area contributed by atoms with Gasteiger partial charge in [-0.25, -0.2) is 17.6 Å². The summed E-state index contributed by atoms with van der Waals surface area (Å²) in [5.41, 5.74) is -0.664. The average Bonchev–Trinajstić information content (AvgIpc) is 2.31. The van der Waals surface area contributed by atoms with Gasteiger partial charge < -0.3 is 9.47 Å². The molecule has 0 unspecified atom stereocenters. The number of halogens is 4. The largest absolute Gasteiger partial charge is 0.412 e. The van der Waals surface area contributed by atoms with E-state index in [0.717, 1.165) is 6.07 Å². The fourth-order valence-electron chi connectivity index (χ4n) is 1.59. The highest BCUT2D eigenvalue weighted by atomic mass is 19.3. The standard InChI is InChI=1S/C11H6F4O4/c12-6-2-1-5(3-7(6)13)11(10(14)15)18-8(16)4-9(17)19-11/h1-3,10H,4H2. The van der Waals surface area contributed by atoms with Gasteiger partial charge in [0.15, 0.2) is 11.6 Å². The lowest BCUT2D eigenvalue weighted by Crippen LogP contribution is -2.48. The maximum absolute atomic E-state index is 13.1. The van der Waals surface area contributed by atoms with Crippen LogP contribution in [0.3, 0.4) is 0 Å². The molecule has 1 fully saturated rings. The van der Waals surface area contributed by atoms with E-state index in [4.69, 9.17) is 0 Å². The van der Waals surface area contributed by atoms with Gasteiger partial charge >= 0.3 is 24.2 Å². The Bertz CT molecular complexity index is 527. The molecule has 1 aliphatic rings. The van der Waals surface area contributed by atoms with Gasteiger partial charge in [-0.2, -0.15) is 0 Å². The number of ether oxygens (including phenoxy) is 2. The predicted octanol–water partition coefficient (Wildman–Crippen LogP) is 1.87. The molecule has 1 heterocycles. The van der Waals surface area contributed by atoms with Crippen LogP contribution in [0.1, 0.15) is 12.0 Å². The van der Waals surface area contributed by atoms with E-state index in [0.29, 0.717) is 12.1 Å². The summed E-state index contributed by atoms with van der Waals surface area (Å²) in [4.78, 5) is 22.2. The molecule has 1 aromatic rings. The summed E-state index contributed by atoms with van der Waals surface area (Å²) < 4.78 is 60.7. The van der Waals surface area contributed by atoms with E-state index in [-0.39, 0.29) is 0 Å². The van der Waals surface area contributed by atoms with Crippen molar-refractivity contribution in [3.8, 4) is 0 Å². The number of hydrogen-bond acceptors (Lipinski definition) is 4. The second kappa shape index (κ2) is 4.52. The second-order valence-corrected chi connectivity index (χ2v) is 3.72. The first-order chi connectivity index (χ1) is 8.85. The van der Waals surface area contributed by atoms with Gasteiger partial charge in [0.25, 0.3) is 0 Å². The molecule has 0 aromatic heterocycles. The van der Waals surface area contributed by atoms with E-state index in [1.807, 2.05) is 0 Å². The lowest BCUT2D eigenvalue weighted by molar-refractivity contribution is -0.290. The summed E-state index contributed by atoms with van der Waals surface area (Å²) in [6, 6.07) is 1.69. The molecule has 8 heteroatoms. The summed E-state index contributed by atoms with van der Waals surface area (Å²) >= 11 is 0. The van der Waals surface area contributed by atoms with Crippen molar-refractivity contribution in [2.45, 2.75) is 18.6 Å². The zero-order chi connectivity index (χ0) is 14.2. The monoisotopic (exact) mass is 278 g/mol. The summed E-state index contributed by atoms with van der Waals surface area (Å²) in [7, 11) is 0. The summed E-state index contributed by atoms with van der Waals surface area (Å²) in [6.45, 7) is 0. The second-order valence-electron chi connectivity index (χ2n) is 3.72. The van der Waals surface area contributed by atoms with Crippen molar-refractivity contribution in [1.29, 1.82) is 0 Å². The highest BCUT2D eigenvalue weighted by Gasteiger charge is 2.53. The normalized spacial score (nSPS) is 18.2. The number of rotatable bonds is 2. The van der Waals surface area contributed by atoms with Crippen LogP contribution in [0.15, 0.2) is 18.2 Å². The number of hydrogen-bond donors (Lipinski definition) is 0. The lowest BCUT2D eigenvalue weighted by Gasteiger charge is -2.34. The minimum atomic E-state index is -3.45. The minimum absolute atomic E-state index is 0.382. The Hall–Kier alpha value is -2.12. The van der Waals surface area contributed by atoms with Gasteiger partial charge in [-0.05, 0) is 18.2 Å². The van der Waals surface area contributed by atoms with E-state index in [2.05, 4.69) is 9.47 Å². The number of benzene rings is 1. The molecule has 0 aliphatic carbocycles. The SMILES string of the molecule is O=C1CC(=O)OC(c2ccc(F)c(F)c2)(C(F)F)O1. The Kier molecular flexibility index (Phi) is 3.17. The molecule has 19 heavy (non-hydrogen) atoms. The third kappa shape index (κ3) is 2.25. The highest BCUT2D eigenvalue weighted by molar-refractivity contribution is 5.93. The van der Waals surface area contributed by atoms with Gasteiger partial charge in [0, 0.05) is 5.56 Å². The van der Waals surface area contributed by atoms with Crippen LogP contribution in [-0.4, -0.2) is 18.4 Å². The number of carbonyl (C=O) groups excluding carboxylic acids is 2. The van der Waals surface area contributed by atoms with E-state index in [1.54, 1.807) is 0 Å². The smallest absolute Gasteiger partial charge is 0.344 e.